The highest BCUT2D eigenvalue weighted by Gasteiger charge is 2.18. The highest BCUT2D eigenvalue weighted by atomic mass is 79.9. The molecular formula is C16H12BrNO3S. The van der Waals surface area contributed by atoms with Crippen molar-refractivity contribution in [3.63, 3.8) is 0 Å². The van der Waals surface area contributed by atoms with Gasteiger partial charge in [0, 0.05) is 9.86 Å². The molecule has 0 aliphatic carbocycles. The summed E-state index contributed by atoms with van der Waals surface area (Å²) < 4.78 is 30.7. The second-order valence-corrected chi connectivity index (χ2v) is 7.22. The van der Waals surface area contributed by atoms with Crippen LogP contribution in [0, 0.1) is 6.92 Å². The van der Waals surface area contributed by atoms with E-state index in [1.54, 1.807) is 25.1 Å². The van der Waals surface area contributed by atoms with Gasteiger partial charge in [0.05, 0.1) is 11.2 Å². The van der Waals surface area contributed by atoms with Gasteiger partial charge in [-0.25, -0.2) is 4.98 Å². The summed E-state index contributed by atoms with van der Waals surface area (Å²) in [6.45, 7) is 1.72. The Hall–Kier alpha value is -1.92. The lowest BCUT2D eigenvalue weighted by Gasteiger charge is -2.10. The SMILES string of the molecule is Cc1nc2ccccc2cc1OS(=O)(=O)c1ccc(Br)cc1. The molecule has 0 amide bonds. The summed E-state index contributed by atoms with van der Waals surface area (Å²) in [6, 6.07) is 15.5. The first-order valence-electron chi connectivity index (χ1n) is 6.52. The summed E-state index contributed by atoms with van der Waals surface area (Å²) in [5, 5.41) is 0.828. The fraction of sp³-hybridized carbons (Fsp3) is 0.0625. The average Bonchev–Trinajstić information content (AvgIpc) is 2.48. The first kappa shape index (κ1) is 15.0. The van der Waals surface area contributed by atoms with Crippen molar-refractivity contribution in [2.45, 2.75) is 11.8 Å². The standard InChI is InChI=1S/C16H12BrNO3S/c1-11-16(10-12-4-2-3-5-15(12)18-11)21-22(19,20)14-8-6-13(17)7-9-14/h2-10H,1H3. The Kier molecular flexibility index (Phi) is 3.88. The predicted molar refractivity (Wildman–Crippen MR) is 88.4 cm³/mol. The zero-order valence-electron chi connectivity index (χ0n) is 11.7. The van der Waals surface area contributed by atoms with Crippen molar-refractivity contribution in [1.29, 1.82) is 0 Å². The van der Waals surface area contributed by atoms with Crippen molar-refractivity contribution in [2.75, 3.05) is 0 Å². The fourth-order valence-electron chi connectivity index (χ4n) is 2.04. The summed E-state index contributed by atoms with van der Waals surface area (Å²) in [4.78, 5) is 4.47. The minimum absolute atomic E-state index is 0.100. The zero-order valence-corrected chi connectivity index (χ0v) is 14.1. The number of nitrogens with zero attached hydrogens (tertiary/aromatic N) is 1. The molecule has 0 spiro atoms. The first-order chi connectivity index (χ1) is 10.5. The topological polar surface area (TPSA) is 56.3 Å². The molecule has 3 aromatic rings. The fourth-order valence-corrected chi connectivity index (χ4v) is 3.28. The molecule has 0 saturated heterocycles. The molecule has 1 aromatic heterocycles. The van der Waals surface area contributed by atoms with Crippen molar-refractivity contribution in [1.82, 2.24) is 4.98 Å². The Balaban J connectivity index is 2.01. The number of para-hydroxylation sites is 1. The molecule has 0 saturated carbocycles. The lowest BCUT2D eigenvalue weighted by Crippen LogP contribution is -2.10. The van der Waals surface area contributed by atoms with Gasteiger partial charge in [0.25, 0.3) is 0 Å². The van der Waals surface area contributed by atoms with Crippen molar-refractivity contribution in [2.24, 2.45) is 0 Å². The van der Waals surface area contributed by atoms with Gasteiger partial charge in [-0.2, -0.15) is 8.42 Å². The molecule has 0 unspecified atom stereocenters. The highest BCUT2D eigenvalue weighted by Crippen LogP contribution is 2.26. The lowest BCUT2D eigenvalue weighted by atomic mass is 10.2. The Morgan fingerprint density at radius 3 is 2.45 bits per heavy atom. The van der Waals surface area contributed by atoms with E-state index >= 15 is 0 Å². The summed E-state index contributed by atoms with van der Waals surface area (Å²) >= 11 is 3.27. The van der Waals surface area contributed by atoms with E-state index in [-0.39, 0.29) is 10.6 Å². The highest BCUT2D eigenvalue weighted by molar-refractivity contribution is 9.10. The van der Waals surface area contributed by atoms with E-state index < -0.39 is 10.1 Å². The van der Waals surface area contributed by atoms with Crippen LogP contribution in [0.1, 0.15) is 5.69 Å². The van der Waals surface area contributed by atoms with Gasteiger partial charge in [-0.15, -0.1) is 0 Å². The molecule has 0 atom stereocenters. The molecule has 0 bridgehead atoms. The average molecular weight is 378 g/mol. The van der Waals surface area contributed by atoms with Crippen molar-refractivity contribution < 1.29 is 12.6 Å². The monoisotopic (exact) mass is 377 g/mol. The molecule has 6 heteroatoms. The molecule has 0 N–H and O–H groups in total. The van der Waals surface area contributed by atoms with Gasteiger partial charge in [0.1, 0.15) is 4.90 Å². The van der Waals surface area contributed by atoms with Crippen molar-refractivity contribution >= 4 is 37.0 Å². The van der Waals surface area contributed by atoms with Crippen LogP contribution in [0.5, 0.6) is 5.75 Å². The smallest absolute Gasteiger partial charge is 0.339 e. The van der Waals surface area contributed by atoms with Crippen LogP contribution in [0.4, 0.5) is 0 Å². The van der Waals surface area contributed by atoms with Crippen LogP contribution >= 0.6 is 15.9 Å². The third kappa shape index (κ3) is 2.98. The minimum atomic E-state index is -3.88. The molecular weight excluding hydrogens is 366 g/mol. The maximum absolute atomic E-state index is 12.3. The second kappa shape index (κ2) is 5.70. The quantitative estimate of drug-likeness (QED) is 0.645. The summed E-state index contributed by atoms with van der Waals surface area (Å²) in [7, 11) is -3.88. The number of benzene rings is 2. The molecule has 4 nitrogen and oxygen atoms in total. The molecule has 3 rings (SSSR count). The molecule has 1 heterocycles. The number of aryl methyl sites for hydroxylation is 1. The van der Waals surface area contributed by atoms with Gasteiger partial charge in [0.15, 0.2) is 5.75 Å². The van der Waals surface area contributed by atoms with Gasteiger partial charge in [-0.1, -0.05) is 34.1 Å². The van der Waals surface area contributed by atoms with Crippen LogP contribution in [0.25, 0.3) is 10.9 Å². The maximum Gasteiger partial charge on any atom is 0.339 e. The largest absolute Gasteiger partial charge is 0.377 e. The molecule has 0 fully saturated rings. The van der Waals surface area contributed by atoms with E-state index in [1.165, 1.54) is 12.1 Å². The number of rotatable bonds is 3. The molecule has 22 heavy (non-hydrogen) atoms. The van der Waals surface area contributed by atoms with E-state index in [0.717, 1.165) is 15.4 Å². The number of pyridine rings is 1. The van der Waals surface area contributed by atoms with Crippen LogP contribution in [-0.4, -0.2) is 13.4 Å². The van der Waals surface area contributed by atoms with E-state index in [1.807, 2.05) is 24.3 Å². The van der Waals surface area contributed by atoms with Gasteiger partial charge in [-0.05, 0) is 43.3 Å². The maximum atomic E-state index is 12.3. The van der Waals surface area contributed by atoms with Gasteiger partial charge in [-0.3, -0.25) is 0 Å². The van der Waals surface area contributed by atoms with Crippen LogP contribution in [-0.2, 0) is 10.1 Å². The summed E-state index contributed by atoms with van der Waals surface area (Å²) in [5.74, 6) is 0.238. The first-order valence-corrected chi connectivity index (χ1v) is 8.72. The minimum Gasteiger partial charge on any atom is -0.377 e. The molecule has 112 valence electrons. The number of halogens is 1. The van der Waals surface area contributed by atoms with E-state index in [4.69, 9.17) is 4.18 Å². The third-order valence-electron chi connectivity index (χ3n) is 3.17. The third-order valence-corrected chi connectivity index (χ3v) is 4.95. The number of hydrogen-bond donors (Lipinski definition) is 0. The zero-order chi connectivity index (χ0) is 15.7. The summed E-state index contributed by atoms with van der Waals surface area (Å²) in [5.41, 5.74) is 1.33. The van der Waals surface area contributed by atoms with E-state index in [0.29, 0.717) is 5.69 Å². The Morgan fingerprint density at radius 2 is 1.73 bits per heavy atom. The normalized spacial score (nSPS) is 11.5. The molecule has 0 aliphatic heterocycles. The predicted octanol–water partition coefficient (Wildman–Crippen LogP) is 4.07. The molecule has 0 aliphatic rings. The Bertz CT molecular complexity index is 937. The summed E-state index contributed by atoms with van der Waals surface area (Å²) in [6.07, 6.45) is 0. The molecule has 2 aromatic carbocycles. The van der Waals surface area contributed by atoms with Crippen molar-refractivity contribution in [3.8, 4) is 5.75 Å². The van der Waals surface area contributed by atoms with Crippen LogP contribution in [0.3, 0.4) is 0 Å². The lowest BCUT2D eigenvalue weighted by molar-refractivity contribution is 0.483. The van der Waals surface area contributed by atoms with E-state index in [9.17, 15) is 8.42 Å². The number of fused-ring (bicyclic) bond motifs is 1. The van der Waals surface area contributed by atoms with Crippen LogP contribution in [0.2, 0.25) is 0 Å². The Morgan fingerprint density at radius 1 is 1.05 bits per heavy atom. The Labute approximate surface area is 137 Å². The van der Waals surface area contributed by atoms with Crippen LogP contribution in [0.15, 0.2) is 64.0 Å². The molecule has 0 radical (unpaired) electrons. The second-order valence-electron chi connectivity index (χ2n) is 4.76. The number of aromatic nitrogens is 1. The number of hydrogen-bond acceptors (Lipinski definition) is 4. The van der Waals surface area contributed by atoms with Gasteiger partial charge >= 0.3 is 10.1 Å². The van der Waals surface area contributed by atoms with Gasteiger partial charge < -0.3 is 4.18 Å². The van der Waals surface area contributed by atoms with Gasteiger partial charge in [0.2, 0.25) is 0 Å². The van der Waals surface area contributed by atoms with Crippen LogP contribution < -0.4 is 4.18 Å². The van der Waals surface area contributed by atoms with Crippen molar-refractivity contribution in [3.05, 3.63) is 64.8 Å². The van der Waals surface area contributed by atoms with E-state index in [2.05, 4.69) is 20.9 Å².